The minimum Gasteiger partial charge on any atom is -0.385 e. The van der Waals surface area contributed by atoms with Crippen LogP contribution in [0.25, 0.3) is 0 Å². The average molecular weight is 322 g/mol. The Kier molecular flexibility index (Phi) is 6.99. The third-order valence-corrected chi connectivity index (χ3v) is 4.42. The van der Waals surface area contributed by atoms with Gasteiger partial charge in [0.1, 0.15) is 5.82 Å². The van der Waals surface area contributed by atoms with Gasteiger partial charge < -0.3 is 9.64 Å². The smallest absolute Gasteiger partial charge is 0.239 e. The van der Waals surface area contributed by atoms with Crippen molar-refractivity contribution in [3.63, 3.8) is 0 Å². The van der Waals surface area contributed by atoms with Gasteiger partial charge in [0.25, 0.3) is 0 Å². The molecule has 1 saturated heterocycles. The van der Waals surface area contributed by atoms with Crippen molar-refractivity contribution in [2.75, 3.05) is 33.4 Å². The Labute approximate surface area is 138 Å². The fourth-order valence-corrected chi connectivity index (χ4v) is 3.00. The van der Waals surface area contributed by atoms with Crippen molar-refractivity contribution in [1.82, 2.24) is 9.80 Å². The molecule has 128 valence electrons. The highest BCUT2D eigenvalue weighted by molar-refractivity contribution is 5.81. The van der Waals surface area contributed by atoms with E-state index in [1.165, 1.54) is 12.1 Å². The number of nitrogens with zero attached hydrogens (tertiary/aromatic N) is 2. The Morgan fingerprint density at radius 3 is 2.57 bits per heavy atom. The predicted molar refractivity (Wildman–Crippen MR) is 88.6 cm³/mol. The summed E-state index contributed by atoms with van der Waals surface area (Å²) in [4.78, 5) is 16.8. The number of methoxy groups -OCH3 is 1. The molecule has 0 N–H and O–H groups in total. The molecular formula is C18H27FN2O2. The first kappa shape index (κ1) is 17.9. The Hall–Kier alpha value is -1.46. The van der Waals surface area contributed by atoms with Crippen molar-refractivity contribution in [3.05, 3.63) is 35.6 Å². The van der Waals surface area contributed by atoms with E-state index >= 15 is 0 Å². The summed E-state index contributed by atoms with van der Waals surface area (Å²) in [6.07, 6.45) is 3.06. The Morgan fingerprint density at radius 1 is 1.30 bits per heavy atom. The lowest BCUT2D eigenvalue weighted by atomic mass is 10.1. The van der Waals surface area contributed by atoms with Crippen LogP contribution < -0.4 is 0 Å². The molecule has 1 aliphatic heterocycles. The summed E-state index contributed by atoms with van der Waals surface area (Å²) in [5, 5.41) is 0. The molecule has 0 saturated carbocycles. The van der Waals surface area contributed by atoms with E-state index in [0.717, 1.165) is 44.5 Å². The molecule has 1 atom stereocenters. The quantitative estimate of drug-likeness (QED) is 0.690. The monoisotopic (exact) mass is 322 g/mol. The molecule has 0 unspecified atom stereocenters. The van der Waals surface area contributed by atoms with Crippen LogP contribution in [0.1, 0.15) is 31.7 Å². The summed E-state index contributed by atoms with van der Waals surface area (Å²) in [6, 6.07) is 6.33. The number of benzene rings is 1. The molecule has 0 aromatic heterocycles. The van der Waals surface area contributed by atoms with Crippen molar-refractivity contribution < 1.29 is 13.9 Å². The zero-order valence-electron chi connectivity index (χ0n) is 14.1. The zero-order valence-corrected chi connectivity index (χ0v) is 14.1. The first-order valence-corrected chi connectivity index (χ1v) is 8.38. The van der Waals surface area contributed by atoms with Gasteiger partial charge in [-0.25, -0.2) is 4.39 Å². The van der Waals surface area contributed by atoms with Gasteiger partial charge in [-0.15, -0.1) is 0 Å². The molecule has 5 heteroatoms. The molecular weight excluding hydrogens is 295 g/mol. The van der Waals surface area contributed by atoms with Gasteiger partial charge in [0, 0.05) is 39.9 Å². The van der Waals surface area contributed by atoms with Gasteiger partial charge in [0.2, 0.25) is 5.91 Å². The van der Waals surface area contributed by atoms with Crippen LogP contribution in [0.5, 0.6) is 0 Å². The lowest BCUT2D eigenvalue weighted by Gasteiger charge is -2.31. The Morgan fingerprint density at radius 2 is 1.96 bits per heavy atom. The number of halogens is 1. The number of hydrogen-bond acceptors (Lipinski definition) is 3. The summed E-state index contributed by atoms with van der Waals surface area (Å²) in [5.41, 5.74) is 1.02. The van der Waals surface area contributed by atoms with Gasteiger partial charge in [0.05, 0.1) is 6.04 Å². The van der Waals surface area contributed by atoms with E-state index in [2.05, 4.69) is 4.90 Å². The van der Waals surface area contributed by atoms with Crippen LogP contribution in [0.2, 0.25) is 0 Å². The number of carbonyl (C=O) groups is 1. The highest BCUT2D eigenvalue weighted by Gasteiger charge is 2.27. The molecule has 4 nitrogen and oxygen atoms in total. The molecule has 1 fully saturated rings. The molecule has 1 heterocycles. The van der Waals surface area contributed by atoms with E-state index < -0.39 is 0 Å². The molecule has 0 radical (unpaired) electrons. The van der Waals surface area contributed by atoms with Gasteiger partial charge in [0.15, 0.2) is 0 Å². The number of ether oxygens (including phenoxy) is 1. The third kappa shape index (κ3) is 5.29. The fourth-order valence-electron chi connectivity index (χ4n) is 3.00. The summed E-state index contributed by atoms with van der Waals surface area (Å²) in [7, 11) is 1.68. The van der Waals surface area contributed by atoms with E-state index in [4.69, 9.17) is 4.74 Å². The molecule has 0 bridgehead atoms. The molecule has 0 aliphatic carbocycles. The van der Waals surface area contributed by atoms with Crippen molar-refractivity contribution >= 4 is 5.91 Å². The maximum atomic E-state index is 13.1. The van der Waals surface area contributed by atoms with Gasteiger partial charge in [-0.3, -0.25) is 9.69 Å². The summed E-state index contributed by atoms with van der Waals surface area (Å²) in [5.74, 6) is -0.0390. The molecule has 1 aromatic carbocycles. The number of carbonyl (C=O) groups excluding carboxylic acids is 1. The van der Waals surface area contributed by atoms with Crippen LogP contribution in [0.3, 0.4) is 0 Å². The van der Waals surface area contributed by atoms with Gasteiger partial charge >= 0.3 is 0 Å². The number of hydrogen-bond donors (Lipinski definition) is 0. The van der Waals surface area contributed by atoms with E-state index in [0.29, 0.717) is 13.2 Å². The van der Waals surface area contributed by atoms with E-state index in [-0.39, 0.29) is 17.8 Å². The zero-order chi connectivity index (χ0) is 16.7. The first-order chi connectivity index (χ1) is 11.1. The van der Waals surface area contributed by atoms with Crippen molar-refractivity contribution in [3.8, 4) is 0 Å². The van der Waals surface area contributed by atoms with Crippen LogP contribution in [0, 0.1) is 5.82 Å². The number of likely N-dealkylation sites (tertiary alicyclic amines) is 1. The lowest BCUT2D eigenvalue weighted by molar-refractivity contribution is -0.135. The average Bonchev–Trinajstić information content (AvgIpc) is 3.09. The van der Waals surface area contributed by atoms with Crippen LogP contribution >= 0.6 is 0 Å². The number of rotatable bonds is 8. The van der Waals surface area contributed by atoms with E-state index in [1.54, 1.807) is 19.2 Å². The second-order valence-corrected chi connectivity index (χ2v) is 6.15. The van der Waals surface area contributed by atoms with Gasteiger partial charge in [-0.2, -0.15) is 0 Å². The molecule has 1 amide bonds. The van der Waals surface area contributed by atoms with Crippen molar-refractivity contribution in [2.45, 2.75) is 38.8 Å². The summed E-state index contributed by atoms with van der Waals surface area (Å²) < 4.78 is 18.2. The predicted octanol–water partition coefficient (Wildman–Crippen LogP) is 2.68. The van der Waals surface area contributed by atoms with Crippen LogP contribution in [0.15, 0.2) is 24.3 Å². The number of amides is 1. The molecule has 23 heavy (non-hydrogen) atoms. The maximum absolute atomic E-state index is 13.1. The van der Waals surface area contributed by atoms with Crippen molar-refractivity contribution in [2.24, 2.45) is 0 Å². The largest absolute Gasteiger partial charge is 0.385 e. The minimum atomic E-state index is -0.235. The molecule has 0 spiro atoms. The summed E-state index contributed by atoms with van der Waals surface area (Å²) in [6.45, 7) is 5.80. The van der Waals surface area contributed by atoms with Crippen molar-refractivity contribution in [1.29, 1.82) is 0 Å². The van der Waals surface area contributed by atoms with Crippen LogP contribution in [0.4, 0.5) is 4.39 Å². The van der Waals surface area contributed by atoms with E-state index in [9.17, 15) is 9.18 Å². The second-order valence-electron chi connectivity index (χ2n) is 6.15. The fraction of sp³-hybridized carbons (Fsp3) is 0.611. The maximum Gasteiger partial charge on any atom is 0.239 e. The van der Waals surface area contributed by atoms with Gasteiger partial charge in [-0.05, 0) is 43.9 Å². The molecule has 1 aromatic rings. The van der Waals surface area contributed by atoms with Gasteiger partial charge in [-0.1, -0.05) is 12.1 Å². The highest BCUT2D eigenvalue weighted by atomic mass is 19.1. The highest BCUT2D eigenvalue weighted by Crippen LogP contribution is 2.15. The lowest BCUT2D eigenvalue weighted by Crippen LogP contribution is -2.46. The SMILES string of the molecule is COCCCN(Cc1ccc(F)cc1)[C@@H](C)C(=O)N1CCCC1. The second kappa shape index (κ2) is 8.99. The standard InChI is InChI=1S/C18H27FN2O2/c1-15(18(22)20-10-3-4-11-20)21(12-5-13-23-2)14-16-6-8-17(19)9-7-16/h6-9,15H,3-5,10-14H2,1-2H3/t15-/m0/s1. The Bertz CT molecular complexity index is 486. The first-order valence-electron chi connectivity index (χ1n) is 8.38. The van der Waals surface area contributed by atoms with E-state index in [1.807, 2.05) is 11.8 Å². The molecule has 2 rings (SSSR count). The molecule has 1 aliphatic rings. The minimum absolute atomic E-state index is 0.171. The van der Waals surface area contributed by atoms with Crippen LogP contribution in [-0.2, 0) is 16.1 Å². The summed E-state index contributed by atoms with van der Waals surface area (Å²) >= 11 is 0. The topological polar surface area (TPSA) is 32.8 Å². The Balaban J connectivity index is 2.02. The van der Waals surface area contributed by atoms with Crippen LogP contribution in [-0.4, -0.2) is 55.1 Å². The third-order valence-electron chi connectivity index (χ3n) is 4.42. The normalized spacial score (nSPS) is 16.1.